The lowest BCUT2D eigenvalue weighted by molar-refractivity contribution is -0.143. The van der Waals surface area contributed by atoms with Gasteiger partial charge in [0.15, 0.2) is 0 Å². The molecule has 0 bridgehead atoms. The van der Waals surface area contributed by atoms with Crippen LogP contribution in [0.2, 0.25) is 0 Å². The van der Waals surface area contributed by atoms with E-state index >= 15 is 0 Å². The SMILES string of the molecule is CC(OCC1(c2ccccc2)CCN(C(=O)CN2CCCC2)CC1)c1cc(C(F)(F)F)cc(C(F)(F)F)c1. The van der Waals surface area contributed by atoms with Gasteiger partial charge in [-0.2, -0.15) is 26.3 Å². The number of alkyl halides is 6. The van der Waals surface area contributed by atoms with E-state index in [9.17, 15) is 31.1 Å². The van der Waals surface area contributed by atoms with Crippen molar-refractivity contribution in [1.82, 2.24) is 9.80 Å². The Kier molecular flexibility index (Phi) is 8.42. The molecule has 0 aliphatic carbocycles. The summed E-state index contributed by atoms with van der Waals surface area (Å²) in [5.41, 5.74) is -2.46. The summed E-state index contributed by atoms with van der Waals surface area (Å²) in [6.45, 7) is 4.80. The summed E-state index contributed by atoms with van der Waals surface area (Å²) in [5, 5.41) is 0. The van der Waals surface area contributed by atoms with Gasteiger partial charge in [0.2, 0.25) is 5.91 Å². The first-order valence-electron chi connectivity index (χ1n) is 12.8. The smallest absolute Gasteiger partial charge is 0.373 e. The molecule has 1 unspecified atom stereocenters. The van der Waals surface area contributed by atoms with Gasteiger partial charge in [0.05, 0.1) is 30.4 Å². The third kappa shape index (κ3) is 6.69. The fourth-order valence-electron chi connectivity index (χ4n) is 5.32. The van der Waals surface area contributed by atoms with Crippen molar-refractivity contribution in [2.75, 3.05) is 39.3 Å². The third-order valence-electron chi connectivity index (χ3n) is 7.71. The molecule has 2 aliphatic rings. The van der Waals surface area contributed by atoms with Gasteiger partial charge in [-0.15, -0.1) is 0 Å². The summed E-state index contributed by atoms with van der Waals surface area (Å²) in [5.74, 6) is 0.0755. The number of benzene rings is 2. The molecule has 38 heavy (non-hydrogen) atoms. The lowest BCUT2D eigenvalue weighted by Crippen LogP contribution is -2.49. The maximum atomic E-state index is 13.3. The Labute approximate surface area is 218 Å². The zero-order chi connectivity index (χ0) is 27.6. The van der Waals surface area contributed by atoms with Gasteiger partial charge < -0.3 is 9.64 Å². The predicted molar refractivity (Wildman–Crippen MR) is 130 cm³/mol. The van der Waals surface area contributed by atoms with E-state index in [4.69, 9.17) is 4.74 Å². The Bertz CT molecular complexity index is 1060. The van der Waals surface area contributed by atoms with E-state index in [-0.39, 0.29) is 24.1 Å². The number of piperidine rings is 1. The number of hydrogen-bond acceptors (Lipinski definition) is 3. The maximum absolute atomic E-state index is 13.3. The summed E-state index contributed by atoms with van der Waals surface area (Å²) >= 11 is 0. The Morgan fingerprint density at radius 1 is 0.895 bits per heavy atom. The number of hydrogen-bond donors (Lipinski definition) is 0. The first-order valence-corrected chi connectivity index (χ1v) is 12.8. The molecule has 0 spiro atoms. The molecule has 4 nitrogen and oxygen atoms in total. The van der Waals surface area contributed by atoms with Gasteiger partial charge >= 0.3 is 12.4 Å². The largest absolute Gasteiger partial charge is 0.416 e. The van der Waals surface area contributed by atoms with Gasteiger partial charge in [0.25, 0.3) is 0 Å². The minimum absolute atomic E-state index is 0.0755. The van der Waals surface area contributed by atoms with Crippen LogP contribution in [0.1, 0.15) is 61.0 Å². The number of amides is 1. The summed E-state index contributed by atoms with van der Waals surface area (Å²) in [6, 6.07) is 11.1. The number of halogens is 6. The zero-order valence-corrected chi connectivity index (χ0v) is 21.2. The number of rotatable bonds is 7. The van der Waals surface area contributed by atoms with Crippen LogP contribution >= 0.6 is 0 Å². The number of carbonyl (C=O) groups excluding carboxylic acids is 1. The Morgan fingerprint density at radius 2 is 1.45 bits per heavy atom. The Hall–Kier alpha value is -2.59. The van der Waals surface area contributed by atoms with Crippen molar-refractivity contribution < 1.29 is 35.9 Å². The van der Waals surface area contributed by atoms with Crippen LogP contribution in [0.25, 0.3) is 0 Å². The average molecular weight is 543 g/mol. The summed E-state index contributed by atoms with van der Waals surface area (Å²) in [4.78, 5) is 16.8. The average Bonchev–Trinajstić information content (AvgIpc) is 3.40. The molecule has 2 aromatic rings. The van der Waals surface area contributed by atoms with Crippen molar-refractivity contribution in [3.05, 3.63) is 70.8 Å². The molecule has 10 heteroatoms. The second kappa shape index (κ2) is 11.3. The van der Waals surface area contributed by atoms with Crippen LogP contribution in [0.4, 0.5) is 26.3 Å². The highest BCUT2D eigenvalue weighted by Crippen LogP contribution is 2.40. The topological polar surface area (TPSA) is 32.8 Å². The van der Waals surface area contributed by atoms with E-state index in [1.165, 1.54) is 6.92 Å². The number of ether oxygens (including phenoxy) is 1. The van der Waals surface area contributed by atoms with Crippen LogP contribution in [0, 0.1) is 0 Å². The minimum atomic E-state index is -4.92. The van der Waals surface area contributed by atoms with Gasteiger partial charge in [0, 0.05) is 18.5 Å². The first-order chi connectivity index (χ1) is 17.9. The molecule has 208 valence electrons. The van der Waals surface area contributed by atoms with Crippen molar-refractivity contribution in [2.24, 2.45) is 0 Å². The third-order valence-corrected chi connectivity index (χ3v) is 7.71. The van der Waals surface area contributed by atoms with E-state index in [1.54, 1.807) is 0 Å². The van der Waals surface area contributed by atoms with Gasteiger partial charge in [-0.1, -0.05) is 30.3 Å². The quantitative estimate of drug-likeness (QED) is 0.377. The first kappa shape index (κ1) is 28.4. The highest BCUT2D eigenvalue weighted by molar-refractivity contribution is 5.78. The van der Waals surface area contributed by atoms with E-state index < -0.39 is 35.0 Å². The maximum Gasteiger partial charge on any atom is 0.416 e. The zero-order valence-electron chi connectivity index (χ0n) is 21.2. The molecule has 2 heterocycles. The molecule has 1 amide bonds. The van der Waals surface area contributed by atoms with E-state index in [2.05, 4.69) is 4.90 Å². The molecule has 2 saturated heterocycles. The molecule has 0 radical (unpaired) electrons. The molecule has 0 saturated carbocycles. The van der Waals surface area contributed by atoms with Gasteiger partial charge in [0.1, 0.15) is 0 Å². The van der Waals surface area contributed by atoms with Crippen LogP contribution < -0.4 is 0 Å². The molecular formula is C28H32F6N2O2. The van der Waals surface area contributed by atoms with Gasteiger partial charge in [-0.05, 0) is 75.0 Å². The lowest BCUT2D eigenvalue weighted by Gasteiger charge is -2.43. The van der Waals surface area contributed by atoms with Crippen molar-refractivity contribution in [2.45, 2.75) is 56.5 Å². The highest BCUT2D eigenvalue weighted by atomic mass is 19.4. The lowest BCUT2D eigenvalue weighted by atomic mass is 9.73. The monoisotopic (exact) mass is 542 g/mol. The van der Waals surface area contributed by atoms with Crippen LogP contribution in [-0.4, -0.2) is 55.0 Å². The Morgan fingerprint density at radius 3 is 1.97 bits per heavy atom. The minimum Gasteiger partial charge on any atom is -0.373 e. The highest BCUT2D eigenvalue weighted by Gasteiger charge is 2.40. The second-order valence-corrected chi connectivity index (χ2v) is 10.3. The molecule has 2 fully saturated rings. The van der Waals surface area contributed by atoms with Crippen LogP contribution in [0.3, 0.4) is 0 Å². The number of likely N-dealkylation sites (tertiary alicyclic amines) is 2. The second-order valence-electron chi connectivity index (χ2n) is 10.3. The number of nitrogens with zero attached hydrogens (tertiary/aromatic N) is 2. The summed E-state index contributed by atoms with van der Waals surface area (Å²) < 4.78 is 86.1. The normalized spacial score (nSPS) is 19.5. The van der Waals surface area contributed by atoms with Gasteiger partial charge in [-0.25, -0.2) is 0 Å². The molecule has 1 atom stereocenters. The molecular weight excluding hydrogens is 510 g/mol. The van der Waals surface area contributed by atoms with Crippen molar-refractivity contribution in [3.8, 4) is 0 Å². The summed E-state index contributed by atoms with van der Waals surface area (Å²) in [7, 11) is 0. The van der Waals surface area contributed by atoms with Crippen LogP contribution in [0.15, 0.2) is 48.5 Å². The molecule has 0 aromatic heterocycles. The Balaban J connectivity index is 1.50. The van der Waals surface area contributed by atoms with Crippen molar-refractivity contribution >= 4 is 5.91 Å². The molecule has 4 rings (SSSR count). The fraction of sp³-hybridized carbons (Fsp3) is 0.536. The standard InChI is InChI=1S/C28H32F6N2O2/c1-20(21-15-23(27(29,30)31)17-24(16-21)28(32,33)34)38-19-26(22-7-3-2-4-8-22)9-13-36(14-10-26)25(37)18-35-11-5-6-12-35/h2-4,7-8,15-17,20H,5-6,9-14,18-19H2,1H3. The van der Waals surface area contributed by atoms with Crippen LogP contribution in [-0.2, 0) is 27.3 Å². The van der Waals surface area contributed by atoms with Crippen molar-refractivity contribution in [3.63, 3.8) is 0 Å². The van der Waals surface area contributed by atoms with E-state index in [0.29, 0.717) is 44.6 Å². The number of carbonyl (C=O) groups is 1. The van der Waals surface area contributed by atoms with Crippen LogP contribution in [0.5, 0.6) is 0 Å². The molecule has 0 N–H and O–H groups in total. The van der Waals surface area contributed by atoms with E-state index in [1.807, 2.05) is 35.2 Å². The summed E-state index contributed by atoms with van der Waals surface area (Å²) in [6.07, 6.45) is -7.51. The van der Waals surface area contributed by atoms with E-state index in [0.717, 1.165) is 31.5 Å². The fourth-order valence-corrected chi connectivity index (χ4v) is 5.32. The predicted octanol–water partition coefficient (Wildman–Crippen LogP) is 6.46. The van der Waals surface area contributed by atoms with Crippen molar-refractivity contribution in [1.29, 1.82) is 0 Å². The van der Waals surface area contributed by atoms with Gasteiger partial charge in [-0.3, -0.25) is 9.69 Å². The molecule has 2 aromatic carbocycles. The molecule has 2 aliphatic heterocycles.